The van der Waals surface area contributed by atoms with Crippen molar-refractivity contribution in [1.82, 2.24) is 25.3 Å². The van der Waals surface area contributed by atoms with Gasteiger partial charge in [0.1, 0.15) is 12.4 Å². The third kappa shape index (κ3) is 19.2. The number of carbonyl (C=O) groups is 4. The fraction of sp³-hybridized carbons (Fsp3) is 0.562. The average Bonchev–Trinajstić information content (AvgIpc) is 2.94. The van der Waals surface area contributed by atoms with E-state index < -0.39 is 6.09 Å². The van der Waals surface area contributed by atoms with E-state index in [1.165, 1.54) is 30.7 Å². The van der Waals surface area contributed by atoms with Gasteiger partial charge in [-0.15, -0.1) is 0 Å². The standard InChI is InChI=1S/C23H42N4O4.C9H10FNO/c1-8-11-21(10-3)12-14-26(20(5)28)17-19(4)27(22(29)18-25(6)7)15-13-24-23(30)31-16-9-2;1-7(12)11-6-8-2-4-9(10)5-3-8/h9-10,19H,2,8,11-18H2,1,3-7H3,(H,24,30);2-5H,6H2,1H3,(H,11,12)/b21-10+;. The van der Waals surface area contributed by atoms with Crippen molar-refractivity contribution in [3.05, 3.63) is 60.0 Å². The molecule has 0 aliphatic carbocycles. The number of alkyl carbamates (subject to hydrolysis) is 1. The molecule has 0 spiro atoms. The predicted octanol–water partition coefficient (Wildman–Crippen LogP) is 4.12. The maximum atomic E-state index is 12.8. The van der Waals surface area contributed by atoms with Crippen molar-refractivity contribution in [1.29, 1.82) is 0 Å². The molecule has 0 fully saturated rings. The minimum Gasteiger partial charge on any atom is -0.445 e. The second-order valence-corrected chi connectivity index (χ2v) is 10.4. The molecule has 1 atom stereocenters. The Bertz CT molecular complexity index is 1030. The Balaban J connectivity index is 0.00000121. The van der Waals surface area contributed by atoms with E-state index in [9.17, 15) is 23.6 Å². The molecule has 0 bridgehead atoms. The smallest absolute Gasteiger partial charge is 0.407 e. The number of hydrogen-bond acceptors (Lipinski definition) is 6. The van der Waals surface area contributed by atoms with Crippen LogP contribution in [0.5, 0.6) is 0 Å². The number of allylic oxidation sites excluding steroid dienone is 1. The number of ether oxygens (including phenoxy) is 1. The van der Waals surface area contributed by atoms with Crippen molar-refractivity contribution in [3.8, 4) is 0 Å². The van der Waals surface area contributed by atoms with Crippen LogP contribution in [0.1, 0.15) is 59.4 Å². The molecule has 1 aromatic rings. The highest BCUT2D eigenvalue weighted by molar-refractivity contribution is 5.79. The Morgan fingerprint density at radius 3 is 2.21 bits per heavy atom. The quantitative estimate of drug-likeness (QED) is 0.259. The van der Waals surface area contributed by atoms with Gasteiger partial charge >= 0.3 is 6.09 Å². The van der Waals surface area contributed by atoms with Crippen molar-refractivity contribution in [2.45, 2.75) is 66.5 Å². The van der Waals surface area contributed by atoms with Gasteiger partial charge in [0, 0.05) is 52.6 Å². The molecule has 1 aromatic carbocycles. The van der Waals surface area contributed by atoms with E-state index in [1.807, 2.05) is 27.9 Å². The lowest BCUT2D eigenvalue weighted by Crippen LogP contribution is -2.51. The maximum Gasteiger partial charge on any atom is 0.407 e. The summed E-state index contributed by atoms with van der Waals surface area (Å²) >= 11 is 0. The number of amides is 4. The first-order chi connectivity index (χ1) is 20.3. The van der Waals surface area contributed by atoms with Gasteiger partial charge in [0.25, 0.3) is 0 Å². The summed E-state index contributed by atoms with van der Waals surface area (Å²) < 4.78 is 17.3. The van der Waals surface area contributed by atoms with Gasteiger partial charge in [0.2, 0.25) is 17.7 Å². The Labute approximate surface area is 257 Å². The number of benzene rings is 1. The van der Waals surface area contributed by atoms with E-state index in [0.717, 1.165) is 24.8 Å². The van der Waals surface area contributed by atoms with Crippen LogP contribution in [0.4, 0.5) is 9.18 Å². The third-order valence-corrected chi connectivity index (χ3v) is 6.33. The summed E-state index contributed by atoms with van der Waals surface area (Å²) in [6.45, 7) is 15.1. The minimum absolute atomic E-state index is 0.00932. The summed E-state index contributed by atoms with van der Waals surface area (Å²) in [5, 5.41) is 5.26. The number of carbonyl (C=O) groups excluding carboxylic acids is 4. The van der Waals surface area contributed by atoms with Crippen LogP contribution >= 0.6 is 0 Å². The van der Waals surface area contributed by atoms with Crippen LogP contribution in [0.3, 0.4) is 0 Å². The van der Waals surface area contributed by atoms with Gasteiger partial charge in [0.15, 0.2) is 0 Å². The molecule has 0 saturated heterocycles. The van der Waals surface area contributed by atoms with Gasteiger partial charge in [-0.05, 0) is 58.5 Å². The summed E-state index contributed by atoms with van der Waals surface area (Å²) in [4.78, 5) is 52.5. The highest BCUT2D eigenvalue weighted by Crippen LogP contribution is 2.12. The van der Waals surface area contributed by atoms with E-state index in [2.05, 4.69) is 30.2 Å². The van der Waals surface area contributed by atoms with Gasteiger partial charge in [0.05, 0.1) is 6.54 Å². The molecule has 4 amide bonds. The van der Waals surface area contributed by atoms with Crippen LogP contribution in [0.25, 0.3) is 0 Å². The highest BCUT2D eigenvalue weighted by Gasteiger charge is 2.24. The van der Waals surface area contributed by atoms with Gasteiger partial charge in [-0.25, -0.2) is 9.18 Å². The van der Waals surface area contributed by atoms with Crippen LogP contribution in [-0.2, 0) is 25.7 Å². The summed E-state index contributed by atoms with van der Waals surface area (Å²) in [5.74, 6) is -0.409. The molecule has 1 rings (SSSR count). The molecule has 43 heavy (non-hydrogen) atoms. The topological polar surface area (TPSA) is 111 Å². The Kier molecular flexibility index (Phi) is 20.8. The molecular weight excluding hydrogens is 553 g/mol. The second kappa shape index (κ2) is 22.8. The zero-order valence-electron chi connectivity index (χ0n) is 27.1. The monoisotopic (exact) mass is 605 g/mol. The zero-order valence-corrected chi connectivity index (χ0v) is 27.1. The van der Waals surface area contributed by atoms with Crippen LogP contribution in [0.15, 0.2) is 48.6 Å². The summed E-state index contributed by atoms with van der Waals surface area (Å²) in [7, 11) is 3.67. The molecule has 0 saturated carbocycles. The SMILES string of the molecule is C=CCOC(=O)NCCN(C(=O)CN(C)C)C(C)CN(CC/C(=C/C)CCC)C(C)=O.CC(=O)NCc1ccc(F)cc1. The number of likely N-dealkylation sites (N-methyl/N-ethyl adjacent to an activating group) is 1. The first-order valence-electron chi connectivity index (χ1n) is 14.7. The van der Waals surface area contributed by atoms with Gasteiger partial charge in [-0.3, -0.25) is 14.4 Å². The molecule has 10 nitrogen and oxygen atoms in total. The van der Waals surface area contributed by atoms with Gasteiger partial charge < -0.3 is 30.1 Å². The second-order valence-electron chi connectivity index (χ2n) is 10.4. The largest absolute Gasteiger partial charge is 0.445 e. The van der Waals surface area contributed by atoms with Gasteiger partial charge in [-0.1, -0.05) is 49.8 Å². The van der Waals surface area contributed by atoms with Crippen LogP contribution in [0.2, 0.25) is 0 Å². The molecule has 1 unspecified atom stereocenters. The molecule has 0 heterocycles. The maximum absolute atomic E-state index is 12.8. The Morgan fingerprint density at radius 1 is 1.05 bits per heavy atom. The predicted molar refractivity (Wildman–Crippen MR) is 169 cm³/mol. The lowest BCUT2D eigenvalue weighted by Gasteiger charge is -2.34. The highest BCUT2D eigenvalue weighted by atomic mass is 19.1. The number of halogens is 1. The van der Waals surface area contributed by atoms with Crippen molar-refractivity contribution in [2.24, 2.45) is 0 Å². The minimum atomic E-state index is -0.548. The van der Waals surface area contributed by atoms with Crippen LogP contribution < -0.4 is 10.6 Å². The van der Waals surface area contributed by atoms with Crippen LogP contribution in [0, 0.1) is 5.82 Å². The van der Waals surface area contributed by atoms with E-state index in [0.29, 0.717) is 26.2 Å². The van der Waals surface area contributed by atoms with E-state index in [1.54, 1.807) is 33.8 Å². The van der Waals surface area contributed by atoms with Crippen molar-refractivity contribution < 1.29 is 28.3 Å². The lowest BCUT2D eigenvalue weighted by atomic mass is 10.1. The van der Waals surface area contributed by atoms with E-state index >= 15 is 0 Å². The molecule has 0 aromatic heterocycles. The molecule has 11 heteroatoms. The van der Waals surface area contributed by atoms with E-state index in [-0.39, 0.29) is 49.3 Å². The number of hydrogen-bond donors (Lipinski definition) is 2. The Morgan fingerprint density at radius 2 is 1.70 bits per heavy atom. The van der Waals surface area contributed by atoms with Gasteiger partial charge in [-0.2, -0.15) is 0 Å². The third-order valence-electron chi connectivity index (χ3n) is 6.33. The number of rotatable bonds is 17. The summed E-state index contributed by atoms with van der Waals surface area (Å²) in [5.41, 5.74) is 2.23. The van der Waals surface area contributed by atoms with Crippen molar-refractivity contribution >= 4 is 23.8 Å². The molecular formula is C32H52FN5O5. The average molecular weight is 606 g/mol. The molecule has 0 aliphatic rings. The summed E-state index contributed by atoms with van der Waals surface area (Å²) in [6, 6.07) is 5.84. The van der Waals surface area contributed by atoms with Crippen molar-refractivity contribution in [2.75, 3.05) is 53.4 Å². The molecule has 2 N–H and O–H groups in total. The lowest BCUT2D eigenvalue weighted by molar-refractivity contribution is -0.137. The first-order valence-corrected chi connectivity index (χ1v) is 14.7. The summed E-state index contributed by atoms with van der Waals surface area (Å²) in [6.07, 6.45) is 6.00. The van der Waals surface area contributed by atoms with Crippen LogP contribution in [-0.4, -0.2) is 98.0 Å². The fourth-order valence-electron chi connectivity index (χ4n) is 4.05. The molecule has 0 radical (unpaired) electrons. The molecule has 242 valence electrons. The Hall–Kier alpha value is -3.73. The first kappa shape index (κ1) is 39.3. The normalized spacial score (nSPS) is 11.5. The number of nitrogens with one attached hydrogen (secondary N) is 2. The zero-order chi connectivity index (χ0) is 32.8. The fourth-order valence-corrected chi connectivity index (χ4v) is 4.05. The number of nitrogens with zero attached hydrogens (tertiary/aromatic N) is 3. The molecule has 0 aliphatic heterocycles. The van der Waals surface area contributed by atoms with Crippen molar-refractivity contribution in [3.63, 3.8) is 0 Å². The van der Waals surface area contributed by atoms with E-state index in [4.69, 9.17) is 4.74 Å².